The number of para-hydroxylation sites is 1. The van der Waals surface area contributed by atoms with Gasteiger partial charge in [0.1, 0.15) is 17.4 Å². The van der Waals surface area contributed by atoms with Crippen LogP contribution >= 0.6 is 11.3 Å². The Hall–Kier alpha value is -3.33. The van der Waals surface area contributed by atoms with E-state index in [0.29, 0.717) is 29.9 Å². The van der Waals surface area contributed by atoms with E-state index in [-0.39, 0.29) is 24.4 Å². The fourth-order valence-corrected chi connectivity index (χ4v) is 3.54. The topological polar surface area (TPSA) is 80.3 Å². The maximum absolute atomic E-state index is 13.6. The molecule has 6 nitrogen and oxygen atoms in total. The molecule has 0 saturated carbocycles. The number of rotatable bonds is 9. The lowest BCUT2D eigenvalue weighted by molar-refractivity contribution is -0.116. The molecule has 1 aromatic heterocycles. The highest BCUT2D eigenvalue weighted by Gasteiger charge is 2.13. The molecule has 31 heavy (non-hydrogen) atoms. The summed E-state index contributed by atoms with van der Waals surface area (Å²) in [6.45, 7) is 2.62. The molecular weight excluding hydrogens is 424 g/mol. The van der Waals surface area contributed by atoms with Crippen LogP contribution in [0.1, 0.15) is 30.1 Å². The molecule has 162 valence electrons. The van der Waals surface area contributed by atoms with Gasteiger partial charge in [0.15, 0.2) is 5.13 Å². The van der Waals surface area contributed by atoms with Gasteiger partial charge in [0.25, 0.3) is 5.91 Å². The van der Waals surface area contributed by atoms with Crippen LogP contribution in [0, 0.1) is 11.6 Å². The minimum atomic E-state index is -0.930. The number of hydrogen-bond acceptors (Lipinski definition) is 5. The molecule has 0 spiro atoms. The number of anilines is 1. The molecule has 0 bridgehead atoms. The molecule has 0 aliphatic rings. The summed E-state index contributed by atoms with van der Waals surface area (Å²) in [5.41, 5.74) is 1.31. The van der Waals surface area contributed by atoms with Crippen molar-refractivity contribution in [3.05, 3.63) is 65.0 Å². The molecule has 0 unspecified atom stereocenters. The van der Waals surface area contributed by atoms with E-state index in [2.05, 4.69) is 15.6 Å². The summed E-state index contributed by atoms with van der Waals surface area (Å²) in [5, 5.41) is 7.55. The average molecular weight is 445 g/mol. The van der Waals surface area contributed by atoms with E-state index >= 15 is 0 Å². The van der Waals surface area contributed by atoms with E-state index in [1.54, 1.807) is 0 Å². The Bertz CT molecular complexity index is 1070. The number of thiazole rings is 1. The molecule has 1 heterocycles. The zero-order chi connectivity index (χ0) is 22.2. The first-order valence-electron chi connectivity index (χ1n) is 9.68. The molecule has 9 heteroatoms. The molecular formula is C22H21F2N3O3S. The summed E-state index contributed by atoms with van der Waals surface area (Å²) in [6.07, 6.45) is 0.502. The molecule has 0 atom stereocenters. The molecule has 2 amide bonds. The van der Waals surface area contributed by atoms with Crippen LogP contribution < -0.4 is 15.4 Å². The normalized spacial score (nSPS) is 10.5. The number of aromatic nitrogens is 1. The van der Waals surface area contributed by atoms with Crippen LogP contribution in [0.5, 0.6) is 5.75 Å². The van der Waals surface area contributed by atoms with Crippen molar-refractivity contribution in [2.24, 2.45) is 0 Å². The summed E-state index contributed by atoms with van der Waals surface area (Å²) >= 11 is 1.30. The number of amides is 2. The van der Waals surface area contributed by atoms with Crippen molar-refractivity contribution in [1.29, 1.82) is 0 Å². The van der Waals surface area contributed by atoms with Crippen molar-refractivity contribution in [3.63, 3.8) is 0 Å². The lowest BCUT2D eigenvalue weighted by Gasteiger charge is -2.07. The zero-order valence-corrected chi connectivity index (χ0v) is 17.6. The maximum Gasteiger partial charge on any atom is 0.254 e. The summed E-state index contributed by atoms with van der Waals surface area (Å²) in [7, 11) is 0. The summed E-state index contributed by atoms with van der Waals surface area (Å²) < 4.78 is 32.1. The molecule has 3 aromatic rings. The second-order valence-electron chi connectivity index (χ2n) is 6.50. The van der Waals surface area contributed by atoms with Gasteiger partial charge in [0.2, 0.25) is 5.91 Å². The smallest absolute Gasteiger partial charge is 0.254 e. The van der Waals surface area contributed by atoms with Gasteiger partial charge in [0, 0.05) is 30.0 Å². The van der Waals surface area contributed by atoms with Gasteiger partial charge in [-0.05, 0) is 37.6 Å². The Morgan fingerprint density at radius 2 is 1.97 bits per heavy atom. The van der Waals surface area contributed by atoms with Crippen LogP contribution in [0.4, 0.5) is 13.9 Å². The Labute approximate surface area is 182 Å². The number of benzene rings is 2. The Kier molecular flexibility index (Phi) is 7.66. The van der Waals surface area contributed by atoms with Crippen LogP contribution in [0.3, 0.4) is 0 Å². The van der Waals surface area contributed by atoms with Crippen LogP contribution in [-0.4, -0.2) is 29.9 Å². The Morgan fingerprint density at radius 3 is 2.74 bits per heavy atom. The number of nitrogens with zero attached hydrogens (tertiary/aromatic N) is 1. The van der Waals surface area contributed by atoms with Gasteiger partial charge in [-0.1, -0.05) is 12.1 Å². The average Bonchev–Trinajstić information content (AvgIpc) is 3.20. The number of ether oxygens (including phenoxy) is 1. The predicted octanol–water partition coefficient (Wildman–Crippen LogP) is 4.64. The first kappa shape index (κ1) is 22.4. The van der Waals surface area contributed by atoms with Crippen molar-refractivity contribution < 1.29 is 23.1 Å². The van der Waals surface area contributed by atoms with Crippen LogP contribution in [0.15, 0.2) is 47.8 Å². The largest absolute Gasteiger partial charge is 0.493 e. The van der Waals surface area contributed by atoms with E-state index in [0.717, 1.165) is 23.4 Å². The number of carbonyl (C=O) groups is 2. The maximum atomic E-state index is 13.6. The number of carbonyl (C=O) groups excluding carboxylic acids is 2. The SMILES string of the molecule is CCOc1ccccc1-c1csc(NC(=O)CCCNC(=O)c2ccc(F)cc2F)n1. The summed E-state index contributed by atoms with van der Waals surface area (Å²) in [4.78, 5) is 28.5. The van der Waals surface area contributed by atoms with Crippen molar-refractivity contribution in [3.8, 4) is 17.0 Å². The summed E-state index contributed by atoms with van der Waals surface area (Å²) in [5.74, 6) is -1.86. The highest BCUT2D eigenvalue weighted by atomic mass is 32.1. The van der Waals surface area contributed by atoms with Crippen LogP contribution in [0.2, 0.25) is 0 Å². The van der Waals surface area contributed by atoms with Crippen molar-refractivity contribution in [2.75, 3.05) is 18.5 Å². The molecule has 0 fully saturated rings. The van der Waals surface area contributed by atoms with Gasteiger partial charge in [-0.15, -0.1) is 11.3 Å². The first-order valence-corrected chi connectivity index (χ1v) is 10.6. The quantitative estimate of drug-likeness (QED) is 0.471. The molecule has 3 rings (SSSR count). The van der Waals surface area contributed by atoms with Gasteiger partial charge >= 0.3 is 0 Å². The highest BCUT2D eigenvalue weighted by Crippen LogP contribution is 2.32. The number of nitrogens with one attached hydrogen (secondary N) is 2. The fraction of sp³-hybridized carbons (Fsp3) is 0.227. The zero-order valence-electron chi connectivity index (χ0n) is 16.8. The second kappa shape index (κ2) is 10.6. The second-order valence-corrected chi connectivity index (χ2v) is 7.36. The van der Waals surface area contributed by atoms with Gasteiger partial charge in [-0.25, -0.2) is 13.8 Å². The molecule has 0 aliphatic carbocycles. The molecule has 2 N–H and O–H groups in total. The predicted molar refractivity (Wildman–Crippen MR) is 115 cm³/mol. The van der Waals surface area contributed by atoms with Crippen LogP contribution in [0.25, 0.3) is 11.3 Å². The minimum Gasteiger partial charge on any atom is -0.493 e. The fourth-order valence-electron chi connectivity index (χ4n) is 2.82. The Morgan fingerprint density at radius 1 is 1.16 bits per heavy atom. The van der Waals surface area contributed by atoms with E-state index < -0.39 is 17.5 Å². The standard InChI is InChI=1S/C22H21F2N3O3S/c1-2-30-19-7-4-3-6-16(19)18-13-31-22(26-18)27-20(28)8-5-11-25-21(29)15-10-9-14(23)12-17(15)24/h3-4,6-7,9-10,12-13H,2,5,8,11H2,1H3,(H,25,29)(H,26,27,28). The van der Waals surface area contributed by atoms with Gasteiger partial charge in [-0.2, -0.15) is 0 Å². The van der Waals surface area contributed by atoms with Crippen molar-refractivity contribution in [2.45, 2.75) is 19.8 Å². The molecule has 0 saturated heterocycles. The van der Waals surface area contributed by atoms with E-state index in [1.165, 1.54) is 11.3 Å². The number of halogens is 2. The molecule has 2 aromatic carbocycles. The molecule has 0 aliphatic heterocycles. The lowest BCUT2D eigenvalue weighted by atomic mass is 10.1. The summed E-state index contributed by atoms with van der Waals surface area (Å²) in [6, 6.07) is 10.3. The lowest BCUT2D eigenvalue weighted by Crippen LogP contribution is -2.26. The molecule has 0 radical (unpaired) electrons. The number of hydrogen-bond donors (Lipinski definition) is 2. The third-order valence-electron chi connectivity index (χ3n) is 4.26. The van der Waals surface area contributed by atoms with Gasteiger partial charge in [-0.3, -0.25) is 9.59 Å². The highest BCUT2D eigenvalue weighted by molar-refractivity contribution is 7.14. The van der Waals surface area contributed by atoms with Crippen molar-refractivity contribution in [1.82, 2.24) is 10.3 Å². The van der Waals surface area contributed by atoms with Crippen molar-refractivity contribution >= 4 is 28.3 Å². The Balaban J connectivity index is 1.47. The van der Waals surface area contributed by atoms with Crippen LogP contribution in [-0.2, 0) is 4.79 Å². The van der Waals surface area contributed by atoms with Gasteiger partial charge < -0.3 is 15.4 Å². The van der Waals surface area contributed by atoms with E-state index in [9.17, 15) is 18.4 Å². The monoisotopic (exact) mass is 445 g/mol. The third kappa shape index (κ3) is 6.08. The van der Waals surface area contributed by atoms with E-state index in [4.69, 9.17) is 4.74 Å². The third-order valence-corrected chi connectivity index (χ3v) is 5.01. The van der Waals surface area contributed by atoms with E-state index in [1.807, 2.05) is 36.6 Å². The first-order chi connectivity index (χ1) is 15.0. The minimum absolute atomic E-state index is 0.149. The van der Waals surface area contributed by atoms with Gasteiger partial charge in [0.05, 0.1) is 17.9 Å².